The van der Waals surface area contributed by atoms with Crippen LogP contribution >= 0.6 is 0 Å². The van der Waals surface area contributed by atoms with Gasteiger partial charge in [-0.25, -0.2) is 8.42 Å². The topological polar surface area (TPSA) is 34.1 Å². The number of hydrogen-bond acceptors (Lipinski definition) is 2. The van der Waals surface area contributed by atoms with Gasteiger partial charge in [-0.05, 0) is 12.1 Å². The van der Waals surface area contributed by atoms with Crippen LogP contribution in [-0.2, 0) is 9.84 Å². The van der Waals surface area contributed by atoms with Crippen LogP contribution in [0.2, 0.25) is 0 Å². The van der Waals surface area contributed by atoms with E-state index < -0.39 is 16.0 Å². The number of benzene rings is 1. The zero-order valence-electron chi connectivity index (χ0n) is 7.19. The molecule has 0 aromatic heterocycles. The Morgan fingerprint density at radius 1 is 1.30 bits per heavy atom. The van der Waals surface area contributed by atoms with E-state index in [1.165, 1.54) is 12.1 Å². The van der Waals surface area contributed by atoms with Crippen LogP contribution in [0.5, 0.6) is 0 Å². The standard InChI is InChI=1S/C7H8O2S/c1-10(8,9)7-5-3-2-4-6-7/h2-6H,1H3/i1+1D2. The van der Waals surface area contributed by atoms with Gasteiger partial charge in [0.25, 0.3) is 0 Å². The Morgan fingerprint density at radius 2 is 1.90 bits per heavy atom. The van der Waals surface area contributed by atoms with Crippen molar-refractivity contribution in [1.29, 1.82) is 0 Å². The van der Waals surface area contributed by atoms with E-state index in [0.29, 0.717) is 0 Å². The van der Waals surface area contributed by atoms with Crippen LogP contribution in [0, 0.1) is 0 Å². The summed E-state index contributed by atoms with van der Waals surface area (Å²) < 4.78 is 35.9. The summed E-state index contributed by atoms with van der Waals surface area (Å²) in [5.74, 6) is 0. The molecule has 10 heavy (non-hydrogen) atoms. The van der Waals surface area contributed by atoms with Gasteiger partial charge in [0.1, 0.15) is 0 Å². The van der Waals surface area contributed by atoms with Crippen molar-refractivity contribution in [1.82, 2.24) is 0 Å². The quantitative estimate of drug-likeness (QED) is 0.575. The molecule has 0 unspecified atom stereocenters. The molecule has 3 heteroatoms. The maximum Gasteiger partial charge on any atom is 0.175 e. The van der Waals surface area contributed by atoms with Crippen LogP contribution in [0.1, 0.15) is 2.74 Å². The van der Waals surface area contributed by atoms with Crippen molar-refractivity contribution in [3.05, 3.63) is 30.3 Å². The molecule has 0 spiro atoms. The summed E-state index contributed by atoms with van der Waals surface area (Å²) in [6.07, 6.45) is -1.85. The highest BCUT2D eigenvalue weighted by Gasteiger charge is 2.02. The molecule has 0 heterocycles. The summed E-state index contributed by atoms with van der Waals surface area (Å²) >= 11 is 0. The van der Waals surface area contributed by atoms with Crippen LogP contribution in [0.3, 0.4) is 0 Å². The second kappa shape index (κ2) is 2.42. The molecule has 54 valence electrons. The summed E-state index contributed by atoms with van der Waals surface area (Å²) in [6.45, 7) is 0. The van der Waals surface area contributed by atoms with Gasteiger partial charge in [0.2, 0.25) is 0 Å². The Hall–Kier alpha value is -0.830. The fraction of sp³-hybridized carbons (Fsp3) is 0.143. The third-order valence-corrected chi connectivity index (χ3v) is 2.00. The minimum atomic E-state index is -3.74. The van der Waals surface area contributed by atoms with Crippen molar-refractivity contribution in [2.45, 2.75) is 4.90 Å². The Balaban J connectivity index is 3.17. The first-order chi connectivity index (χ1) is 5.55. The molecule has 0 bridgehead atoms. The second-order valence-corrected chi connectivity index (χ2v) is 3.42. The predicted molar refractivity (Wildman–Crippen MR) is 39.6 cm³/mol. The molecule has 0 fully saturated rings. The molecule has 1 rings (SSSR count). The maximum absolute atomic E-state index is 11.2. The highest BCUT2D eigenvalue weighted by atomic mass is 32.2. The lowest BCUT2D eigenvalue weighted by atomic mass is 10.4. The Morgan fingerprint density at radius 3 is 2.40 bits per heavy atom. The molecule has 0 radical (unpaired) electrons. The molecule has 2 nitrogen and oxygen atoms in total. The van der Waals surface area contributed by atoms with Crippen LogP contribution < -0.4 is 0 Å². The third kappa shape index (κ3) is 1.57. The number of rotatable bonds is 1. The van der Waals surface area contributed by atoms with Crippen LogP contribution in [-0.4, -0.2) is 14.6 Å². The summed E-state index contributed by atoms with van der Waals surface area (Å²) in [7, 11) is -3.74. The van der Waals surface area contributed by atoms with Crippen molar-refractivity contribution in [2.75, 3.05) is 6.21 Å². The molecule has 0 saturated carbocycles. The molecule has 1 aromatic rings. The molecule has 0 atom stereocenters. The second-order valence-electron chi connectivity index (χ2n) is 1.86. The van der Waals surface area contributed by atoms with E-state index in [-0.39, 0.29) is 4.90 Å². The van der Waals surface area contributed by atoms with Crippen molar-refractivity contribution in [3.63, 3.8) is 0 Å². The first-order valence-corrected chi connectivity index (χ1v) is 4.23. The van der Waals surface area contributed by atoms with E-state index in [1.807, 2.05) is 0 Å². The SMILES string of the molecule is [2H][13CH]([2H])S(=O)(=O)c1ccccc1. The largest absolute Gasteiger partial charge is 0.224 e. The van der Waals surface area contributed by atoms with Gasteiger partial charge in [-0.1, -0.05) is 18.2 Å². The average Bonchev–Trinajstić information content (AvgIpc) is 2.06. The van der Waals surface area contributed by atoms with Gasteiger partial charge in [-0.2, -0.15) is 0 Å². The van der Waals surface area contributed by atoms with E-state index in [9.17, 15) is 8.42 Å². The van der Waals surface area contributed by atoms with Gasteiger partial charge in [-0.3, -0.25) is 0 Å². The lowest BCUT2D eigenvalue weighted by Crippen LogP contribution is -1.95. The van der Waals surface area contributed by atoms with Crippen LogP contribution in [0.15, 0.2) is 35.2 Å². The molecule has 0 amide bonds. The van der Waals surface area contributed by atoms with Crippen molar-refractivity contribution < 1.29 is 11.2 Å². The van der Waals surface area contributed by atoms with Crippen LogP contribution in [0.4, 0.5) is 0 Å². The van der Waals surface area contributed by atoms with Gasteiger partial charge in [0, 0.05) is 8.95 Å². The number of sulfone groups is 1. The Bertz CT molecular complexity index is 345. The molecule has 0 aliphatic rings. The minimum absolute atomic E-state index is 0.0278. The number of hydrogen-bond donors (Lipinski definition) is 0. The lowest BCUT2D eigenvalue weighted by Gasteiger charge is -1.93. The van der Waals surface area contributed by atoms with E-state index in [1.54, 1.807) is 18.2 Å². The van der Waals surface area contributed by atoms with E-state index in [4.69, 9.17) is 2.74 Å². The van der Waals surface area contributed by atoms with Gasteiger partial charge in [-0.15, -0.1) is 0 Å². The van der Waals surface area contributed by atoms with E-state index in [2.05, 4.69) is 0 Å². The molecule has 0 aliphatic carbocycles. The van der Waals surface area contributed by atoms with Gasteiger partial charge in [0.15, 0.2) is 9.84 Å². The monoisotopic (exact) mass is 159 g/mol. The fourth-order valence-electron chi connectivity index (χ4n) is 0.610. The first kappa shape index (κ1) is 4.91. The van der Waals surface area contributed by atoms with Crippen molar-refractivity contribution >= 4 is 9.84 Å². The van der Waals surface area contributed by atoms with Gasteiger partial charge in [0.05, 0.1) is 4.90 Å². The molecular weight excluding hydrogens is 149 g/mol. The Kier molecular flexibility index (Phi) is 1.19. The van der Waals surface area contributed by atoms with Gasteiger partial charge < -0.3 is 0 Å². The molecule has 0 N–H and O–H groups in total. The fourth-order valence-corrected chi connectivity index (χ4v) is 1.15. The lowest BCUT2D eigenvalue weighted by molar-refractivity contribution is 0.602. The normalized spacial score (nSPS) is 14.5. The van der Waals surface area contributed by atoms with Crippen molar-refractivity contribution in [2.24, 2.45) is 0 Å². The smallest absolute Gasteiger partial charge is 0.175 e. The average molecular weight is 159 g/mol. The summed E-state index contributed by atoms with van der Waals surface area (Å²) in [5, 5.41) is 0. The molecular formula is C7H8O2S. The summed E-state index contributed by atoms with van der Waals surface area (Å²) in [6, 6.07) is 7.57. The Labute approximate surface area is 63.2 Å². The molecule has 1 aromatic carbocycles. The maximum atomic E-state index is 11.2. The zero-order valence-corrected chi connectivity index (χ0v) is 6.01. The molecule has 0 aliphatic heterocycles. The van der Waals surface area contributed by atoms with Crippen LogP contribution in [0.25, 0.3) is 0 Å². The van der Waals surface area contributed by atoms with E-state index >= 15 is 0 Å². The summed E-state index contributed by atoms with van der Waals surface area (Å²) in [4.78, 5) is 0.0278. The highest BCUT2D eigenvalue weighted by Crippen LogP contribution is 2.05. The molecule has 0 saturated heterocycles. The minimum Gasteiger partial charge on any atom is -0.224 e. The van der Waals surface area contributed by atoms with Gasteiger partial charge >= 0.3 is 0 Å². The summed E-state index contributed by atoms with van der Waals surface area (Å²) in [5.41, 5.74) is 0. The van der Waals surface area contributed by atoms with Crippen molar-refractivity contribution in [3.8, 4) is 0 Å². The highest BCUT2D eigenvalue weighted by molar-refractivity contribution is 7.90. The zero-order chi connectivity index (χ0) is 9.19. The van der Waals surface area contributed by atoms with E-state index in [0.717, 1.165) is 0 Å². The third-order valence-electron chi connectivity index (χ3n) is 1.07. The predicted octanol–water partition coefficient (Wildman–Crippen LogP) is 1.09. The first-order valence-electron chi connectivity index (χ1n) is 3.84.